The molecular weight excluding hydrogens is 442 g/mol. The third-order valence-electron chi connectivity index (χ3n) is 3.90. The number of hydrogen-bond acceptors (Lipinski definition) is 5. The molecule has 1 atom stereocenters. The SMILES string of the molecule is COc1cc(C[C@H]2SC(=O)N(c3cccc(Cl)c3)C2=O)cc(Br)c1OC. The monoisotopic (exact) mass is 455 g/mol. The van der Waals surface area contributed by atoms with E-state index in [1.165, 1.54) is 4.90 Å². The summed E-state index contributed by atoms with van der Waals surface area (Å²) in [5.41, 5.74) is 1.34. The number of carbonyl (C=O) groups excluding carboxylic acids is 2. The average Bonchev–Trinajstić information content (AvgIpc) is 2.88. The molecule has 5 nitrogen and oxygen atoms in total. The minimum absolute atomic E-state index is 0.256. The largest absolute Gasteiger partial charge is 0.493 e. The van der Waals surface area contributed by atoms with Crippen LogP contribution in [0.2, 0.25) is 5.02 Å². The van der Waals surface area contributed by atoms with Gasteiger partial charge in [-0.3, -0.25) is 9.59 Å². The van der Waals surface area contributed by atoms with Crippen LogP contribution in [0.15, 0.2) is 40.9 Å². The third-order valence-corrected chi connectivity index (χ3v) is 5.76. The molecule has 1 heterocycles. The Morgan fingerprint density at radius 3 is 2.62 bits per heavy atom. The molecule has 2 aromatic carbocycles. The molecule has 0 saturated carbocycles. The molecule has 0 radical (unpaired) electrons. The number of hydrogen-bond donors (Lipinski definition) is 0. The first-order chi connectivity index (χ1) is 12.4. The van der Waals surface area contributed by atoms with Crippen LogP contribution in [0, 0.1) is 0 Å². The molecule has 0 aliphatic carbocycles. The number of rotatable bonds is 5. The summed E-state index contributed by atoms with van der Waals surface area (Å²) in [6.07, 6.45) is 0.394. The van der Waals surface area contributed by atoms with E-state index < -0.39 is 5.25 Å². The van der Waals surface area contributed by atoms with E-state index in [4.69, 9.17) is 21.1 Å². The Morgan fingerprint density at radius 1 is 1.19 bits per heavy atom. The molecule has 0 unspecified atom stereocenters. The second kappa shape index (κ2) is 7.90. The number of imide groups is 1. The Hall–Kier alpha value is -1.70. The fourth-order valence-electron chi connectivity index (χ4n) is 2.74. The van der Waals surface area contributed by atoms with Crippen LogP contribution in [0.25, 0.3) is 0 Å². The molecule has 1 aliphatic heterocycles. The summed E-state index contributed by atoms with van der Waals surface area (Å²) in [5, 5.41) is -0.339. The van der Waals surface area contributed by atoms with E-state index in [9.17, 15) is 9.59 Å². The quantitative estimate of drug-likeness (QED) is 0.638. The number of amides is 2. The predicted molar refractivity (Wildman–Crippen MR) is 107 cm³/mol. The van der Waals surface area contributed by atoms with Gasteiger partial charge in [0.1, 0.15) is 0 Å². The van der Waals surface area contributed by atoms with Gasteiger partial charge in [-0.2, -0.15) is 0 Å². The second-order valence-electron chi connectivity index (χ2n) is 5.54. The average molecular weight is 457 g/mol. The summed E-state index contributed by atoms with van der Waals surface area (Å²) >= 11 is 10.4. The lowest BCUT2D eigenvalue weighted by molar-refractivity contribution is -0.117. The van der Waals surface area contributed by atoms with Crippen molar-refractivity contribution < 1.29 is 19.1 Å². The van der Waals surface area contributed by atoms with Gasteiger partial charge in [-0.15, -0.1) is 0 Å². The molecule has 1 fully saturated rings. The highest BCUT2D eigenvalue weighted by Gasteiger charge is 2.40. The van der Waals surface area contributed by atoms with Crippen molar-refractivity contribution in [2.45, 2.75) is 11.7 Å². The van der Waals surface area contributed by atoms with E-state index in [0.717, 1.165) is 21.8 Å². The van der Waals surface area contributed by atoms with Gasteiger partial charge < -0.3 is 9.47 Å². The molecule has 3 rings (SSSR count). The van der Waals surface area contributed by atoms with E-state index in [1.54, 1.807) is 38.5 Å². The zero-order valence-corrected chi connectivity index (χ0v) is 17.2. The minimum atomic E-state index is -0.508. The first kappa shape index (κ1) is 19.1. The number of anilines is 1. The maximum atomic E-state index is 12.8. The summed E-state index contributed by atoms with van der Waals surface area (Å²) < 4.78 is 11.4. The highest BCUT2D eigenvalue weighted by molar-refractivity contribution is 9.10. The van der Waals surface area contributed by atoms with Gasteiger partial charge in [-0.05, 0) is 58.2 Å². The standard InChI is InChI=1S/C18H15BrClNO4S/c1-24-14-7-10(6-13(19)16(14)25-2)8-15-17(22)21(18(23)26-15)12-5-3-4-11(20)9-12/h3-7,9,15H,8H2,1-2H3/t15-/m1/s1. The molecule has 26 heavy (non-hydrogen) atoms. The molecule has 136 valence electrons. The maximum Gasteiger partial charge on any atom is 0.293 e. The molecule has 1 aliphatic rings. The summed E-state index contributed by atoms with van der Waals surface area (Å²) in [6, 6.07) is 10.4. The van der Waals surface area contributed by atoms with Gasteiger partial charge in [-0.25, -0.2) is 4.90 Å². The van der Waals surface area contributed by atoms with Crippen molar-refractivity contribution in [3.8, 4) is 11.5 Å². The van der Waals surface area contributed by atoms with Crippen molar-refractivity contribution >= 4 is 56.1 Å². The summed E-state index contributed by atoms with van der Waals surface area (Å²) in [7, 11) is 3.11. The van der Waals surface area contributed by atoms with Gasteiger partial charge in [0.25, 0.3) is 5.24 Å². The van der Waals surface area contributed by atoms with Crippen molar-refractivity contribution in [1.82, 2.24) is 0 Å². The van der Waals surface area contributed by atoms with Crippen molar-refractivity contribution in [1.29, 1.82) is 0 Å². The van der Waals surface area contributed by atoms with Crippen LogP contribution in [0.4, 0.5) is 10.5 Å². The Balaban J connectivity index is 1.85. The predicted octanol–water partition coefficient (Wildman–Crippen LogP) is 4.93. The number of thioether (sulfide) groups is 1. The van der Waals surface area contributed by atoms with Crippen LogP contribution in [-0.4, -0.2) is 30.6 Å². The first-order valence-corrected chi connectivity index (χ1v) is 9.70. The molecule has 0 bridgehead atoms. The molecule has 0 aromatic heterocycles. The molecule has 1 saturated heterocycles. The third kappa shape index (κ3) is 3.70. The fourth-order valence-corrected chi connectivity index (χ4v) is 4.60. The number of halogens is 2. The topological polar surface area (TPSA) is 55.8 Å². The molecule has 0 spiro atoms. The maximum absolute atomic E-state index is 12.8. The number of benzene rings is 2. The van der Waals surface area contributed by atoms with Crippen molar-refractivity contribution in [3.63, 3.8) is 0 Å². The minimum Gasteiger partial charge on any atom is -0.493 e. The van der Waals surface area contributed by atoms with Gasteiger partial charge in [0.05, 0.1) is 29.6 Å². The van der Waals surface area contributed by atoms with Gasteiger partial charge in [0, 0.05) is 5.02 Å². The molecule has 2 amide bonds. The number of nitrogens with zero attached hydrogens (tertiary/aromatic N) is 1. The molecule has 0 N–H and O–H groups in total. The van der Waals surface area contributed by atoms with Crippen molar-refractivity contribution in [2.75, 3.05) is 19.1 Å². The number of ether oxygens (including phenoxy) is 2. The Morgan fingerprint density at radius 2 is 1.96 bits per heavy atom. The molecule has 2 aromatic rings. The van der Waals surface area contributed by atoms with Gasteiger partial charge in [-0.1, -0.05) is 29.4 Å². The van der Waals surface area contributed by atoms with E-state index in [0.29, 0.717) is 28.6 Å². The van der Waals surface area contributed by atoms with Crippen LogP contribution < -0.4 is 14.4 Å². The van der Waals surface area contributed by atoms with E-state index in [2.05, 4.69) is 15.9 Å². The first-order valence-electron chi connectivity index (χ1n) is 7.65. The van der Waals surface area contributed by atoms with Crippen LogP contribution >= 0.6 is 39.3 Å². The van der Waals surface area contributed by atoms with Gasteiger partial charge >= 0.3 is 0 Å². The Labute approximate surface area is 168 Å². The van der Waals surface area contributed by atoms with Gasteiger partial charge in [0.15, 0.2) is 11.5 Å². The zero-order valence-electron chi connectivity index (χ0n) is 14.0. The second-order valence-corrected chi connectivity index (χ2v) is 7.99. The van der Waals surface area contributed by atoms with E-state index in [1.807, 2.05) is 12.1 Å². The fraction of sp³-hybridized carbons (Fsp3) is 0.222. The number of carbonyl (C=O) groups is 2. The zero-order chi connectivity index (χ0) is 18.8. The van der Waals surface area contributed by atoms with Crippen LogP contribution in [0.3, 0.4) is 0 Å². The smallest absolute Gasteiger partial charge is 0.293 e. The highest BCUT2D eigenvalue weighted by Crippen LogP contribution is 2.39. The lowest BCUT2D eigenvalue weighted by Gasteiger charge is -2.15. The van der Waals surface area contributed by atoms with Crippen LogP contribution in [-0.2, 0) is 11.2 Å². The Kier molecular flexibility index (Phi) is 5.79. The van der Waals surface area contributed by atoms with Crippen molar-refractivity contribution in [3.05, 3.63) is 51.5 Å². The normalized spacial score (nSPS) is 16.9. The van der Waals surface area contributed by atoms with E-state index >= 15 is 0 Å². The molecular formula is C18H15BrClNO4S. The lowest BCUT2D eigenvalue weighted by Crippen LogP contribution is -2.32. The van der Waals surface area contributed by atoms with Crippen LogP contribution in [0.5, 0.6) is 11.5 Å². The summed E-state index contributed by atoms with van der Waals surface area (Å²) in [4.78, 5) is 26.3. The van der Waals surface area contributed by atoms with Crippen LogP contribution in [0.1, 0.15) is 5.56 Å². The highest BCUT2D eigenvalue weighted by atomic mass is 79.9. The summed E-state index contributed by atoms with van der Waals surface area (Å²) in [5.74, 6) is 0.886. The lowest BCUT2D eigenvalue weighted by atomic mass is 10.1. The van der Waals surface area contributed by atoms with Gasteiger partial charge in [0.2, 0.25) is 5.91 Å². The Bertz CT molecular complexity index is 876. The summed E-state index contributed by atoms with van der Waals surface area (Å²) in [6.45, 7) is 0. The van der Waals surface area contributed by atoms with Crippen molar-refractivity contribution in [2.24, 2.45) is 0 Å². The molecule has 8 heteroatoms. The van der Waals surface area contributed by atoms with E-state index in [-0.39, 0.29) is 11.1 Å². The number of methoxy groups -OCH3 is 2.